The molecule has 6 amide bonds. The lowest BCUT2D eigenvalue weighted by Crippen LogP contribution is -2.60. The molecule has 0 radical (unpaired) electrons. The van der Waals surface area contributed by atoms with Crippen LogP contribution in [-0.4, -0.2) is 81.9 Å². The van der Waals surface area contributed by atoms with Crippen LogP contribution in [0.25, 0.3) is 0 Å². The molecule has 0 fully saturated rings. The number of phenolic OH excluding ortho intramolecular Hbond substituents is 2. The summed E-state index contributed by atoms with van der Waals surface area (Å²) in [5.41, 5.74) is 19.6. The number of rotatable bonds is 18. The summed E-state index contributed by atoms with van der Waals surface area (Å²) in [6.07, 6.45) is 0.334. The van der Waals surface area contributed by atoms with Crippen molar-refractivity contribution in [2.24, 2.45) is 11.5 Å². The van der Waals surface area contributed by atoms with Crippen molar-refractivity contribution in [1.29, 1.82) is 0 Å². The maximum Gasteiger partial charge on any atom is 0.261 e. The average Bonchev–Trinajstić information content (AvgIpc) is 3.21. The number of hydrogen-bond donors (Lipinski definition) is 10. The van der Waals surface area contributed by atoms with Gasteiger partial charge in [0.15, 0.2) is 0 Å². The highest BCUT2D eigenvalue weighted by atomic mass is 16.3. The SMILES string of the molecule is C[C@@H](NC(=O)[C@@H](N)Cc1ccc(O)cc1)C(=O)N[C@@H](Cc1ccccc1)C(=O)NNC(=O)[C@H](Cc1ccccc1)NC(=O)[C@@H](C)NC(=O)[C@@H](N)Cc1ccc(O)cc1. The first-order valence-corrected chi connectivity index (χ1v) is 18.6. The lowest BCUT2D eigenvalue weighted by atomic mass is 10.0. The molecule has 0 aromatic heterocycles. The summed E-state index contributed by atoms with van der Waals surface area (Å²) in [5, 5.41) is 29.4. The summed E-state index contributed by atoms with van der Waals surface area (Å²) in [6.45, 7) is 2.87. The quantitative estimate of drug-likeness (QED) is 0.0610. The van der Waals surface area contributed by atoms with Crippen LogP contribution in [0.4, 0.5) is 0 Å². The summed E-state index contributed by atoms with van der Waals surface area (Å²) in [5.74, 6) is -4.05. The third-order valence-corrected chi connectivity index (χ3v) is 9.10. The molecular weight excluding hydrogens is 745 g/mol. The van der Waals surface area contributed by atoms with Gasteiger partial charge in [-0.25, -0.2) is 0 Å². The van der Waals surface area contributed by atoms with Crippen LogP contribution in [0.1, 0.15) is 36.1 Å². The molecule has 12 N–H and O–H groups in total. The number of nitrogens with two attached hydrogens (primary N) is 2. The molecule has 0 unspecified atom stereocenters. The van der Waals surface area contributed by atoms with Gasteiger partial charge in [0.25, 0.3) is 11.8 Å². The predicted octanol–water partition coefficient (Wildman–Crippen LogP) is 0.149. The van der Waals surface area contributed by atoms with Gasteiger partial charge in [0.1, 0.15) is 35.7 Å². The zero-order valence-corrected chi connectivity index (χ0v) is 32.2. The zero-order chi connectivity index (χ0) is 42.2. The number of amides is 6. The minimum Gasteiger partial charge on any atom is -0.508 e. The number of carbonyl (C=O) groups is 6. The summed E-state index contributed by atoms with van der Waals surface area (Å²) in [4.78, 5) is 79.4. The van der Waals surface area contributed by atoms with Crippen molar-refractivity contribution in [2.45, 2.75) is 75.8 Å². The third-order valence-electron chi connectivity index (χ3n) is 9.10. The highest BCUT2D eigenvalue weighted by molar-refractivity contribution is 5.95. The molecule has 16 heteroatoms. The van der Waals surface area contributed by atoms with E-state index in [1.807, 2.05) is 0 Å². The van der Waals surface area contributed by atoms with Crippen molar-refractivity contribution in [2.75, 3.05) is 0 Å². The van der Waals surface area contributed by atoms with Gasteiger partial charge in [-0.15, -0.1) is 0 Å². The van der Waals surface area contributed by atoms with Crippen LogP contribution in [0.2, 0.25) is 0 Å². The van der Waals surface area contributed by atoms with Crippen LogP contribution in [0.5, 0.6) is 11.5 Å². The fourth-order valence-corrected chi connectivity index (χ4v) is 5.74. The Morgan fingerprint density at radius 1 is 0.431 bits per heavy atom. The minimum absolute atomic E-state index is 0.0194. The van der Waals surface area contributed by atoms with Crippen LogP contribution in [0.15, 0.2) is 109 Å². The van der Waals surface area contributed by atoms with E-state index in [1.165, 1.54) is 38.1 Å². The van der Waals surface area contributed by atoms with Gasteiger partial charge in [0.05, 0.1) is 12.1 Å². The number of hydrazine groups is 1. The topological polar surface area (TPSA) is 267 Å². The number of hydrogen-bond acceptors (Lipinski definition) is 10. The molecule has 4 aromatic carbocycles. The van der Waals surface area contributed by atoms with Gasteiger partial charge >= 0.3 is 0 Å². The van der Waals surface area contributed by atoms with Gasteiger partial charge in [-0.3, -0.25) is 39.6 Å². The highest BCUT2D eigenvalue weighted by Gasteiger charge is 2.29. The van der Waals surface area contributed by atoms with Crippen molar-refractivity contribution >= 4 is 35.4 Å². The maximum absolute atomic E-state index is 13.6. The van der Waals surface area contributed by atoms with Gasteiger partial charge in [0.2, 0.25) is 23.6 Å². The molecule has 306 valence electrons. The van der Waals surface area contributed by atoms with Gasteiger partial charge in [-0.05, 0) is 73.2 Å². The van der Waals surface area contributed by atoms with E-state index in [4.69, 9.17) is 11.5 Å². The molecule has 4 aromatic rings. The summed E-state index contributed by atoms with van der Waals surface area (Å²) < 4.78 is 0. The van der Waals surface area contributed by atoms with Gasteiger partial charge < -0.3 is 42.9 Å². The van der Waals surface area contributed by atoms with E-state index < -0.39 is 71.7 Å². The van der Waals surface area contributed by atoms with E-state index >= 15 is 0 Å². The van der Waals surface area contributed by atoms with Crippen LogP contribution >= 0.6 is 0 Å². The molecule has 4 rings (SSSR count). The van der Waals surface area contributed by atoms with Crippen molar-refractivity contribution in [3.63, 3.8) is 0 Å². The molecule has 0 heterocycles. The van der Waals surface area contributed by atoms with Crippen molar-refractivity contribution in [3.8, 4) is 11.5 Å². The van der Waals surface area contributed by atoms with Gasteiger partial charge in [-0.2, -0.15) is 0 Å². The number of carbonyl (C=O) groups excluding carboxylic acids is 6. The van der Waals surface area contributed by atoms with Crippen molar-refractivity contribution in [3.05, 3.63) is 131 Å². The first kappa shape index (κ1) is 43.9. The van der Waals surface area contributed by atoms with Gasteiger partial charge in [-0.1, -0.05) is 84.9 Å². The Labute approximate surface area is 336 Å². The number of benzene rings is 4. The monoisotopic (exact) mass is 794 g/mol. The van der Waals surface area contributed by atoms with Crippen LogP contribution in [0, 0.1) is 0 Å². The standard InChI is InChI=1S/C42H50N8O8/c1-25(45-39(55)33(43)21-29-13-17-31(51)18-14-29)37(53)47-35(23-27-9-5-3-6-10-27)41(57)49-50-42(58)36(24-28-11-7-4-8-12-28)48-38(54)26(2)46-40(56)34(44)22-30-15-19-32(52)20-16-30/h3-20,25-26,33-36,51-52H,21-24,43-44H2,1-2H3,(H,45,55)(H,46,56)(H,47,53)(H,48,54)(H,49,57)(H,50,58)/t25-,26-,33+,34+,35+,36+/m1/s1. The number of phenols is 2. The first-order chi connectivity index (χ1) is 27.7. The van der Waals surface area contributed by atoms with Gasteiger partial charge in [0, 0.05) is 12.8 Å². The van der Waals surface area contributed by atoms with Crippen LogP contribution in [0.3, 0.4) is 0 Å². The second-order valence-electron chi connectivity index (χ2n) is 13.9. The fraction of sp³-hybridized carbons (Fsp3) is 0.286. The predicted molar refractivity (Wildman–Crippen MR) is 215 cm³/mol. The Kier molecular flexibility index (Phi) is 16.3. The third kappa shape index (κ3) is 14.1. The molecule has 0 saturated heterocycles. The summed E-state index contributed by atoms with van der Waals surface area (Å²) >= 11 is 0. The van der Waals surface area contributed by atoms with Crippen LogP contribution in [-0.2, 0) is 54.5 Å². The van der Waals surface area contributed by atoms with Crippen LogP contribution < -0.4 is 43.6 Å². The number of nitrogens with one attached hydrogen (secondary N) is 6. The smallest absolute Gasteiger partial charge is 0.261 e. The second-order valence-corrected chi connectivity index (χ2v) is 13.9. The largest absolute Gasteiger partial charge is 0.508 e. The van der Waals surface area contributed by atoms with E-state index in [2.05, 4.69) is 32.1 Å². The average molecular weight is 795 g/mol. The molecule has 0 saturated carbocycles. The Balaban J connectivity index is 1.38. The Morgan fingerprint density at radius 3 is 1.07 bits per heavy atom. The minimum atomic E-state index is -1.22. The molecule has 0 aliphatic rings. The molecule has 0 aliphatic heterocycles. The van der Waals surface area contributed by atoms with E-state index in [1.54, 1.807) is 84.9 Å². The molecule has 0 aliphatic carbocycles. The molecule has 16 nitrogen and oxygen atoms in total. The normalized spacial score (nSPS) is 13.9. The lowest BCUT2D eigenvalue weighted by Gasteiger charge is -2.24. The Bertz CT molecular complexity index is 1850. The highest BCUT2D eigenvalue weighted by Crippen LogP contribution is 2.13. The van der Waals surface area contributed by atoms with E-state index in [-0.39, 0.29) is 37.2 Å². The lowest BCUT2D eigenvalue weighted by molar-refractivity contribution is -0.135. The van der Waals surface area contributed by atoms with E-state index in [0.717, 1.165) is 0 Å². The Morgan fingerprint density at radius 2 is 0.741 bits per heavy atom. The molecular formula is C42H50N8O8. The summed E-state index contributed by atoms with van der Waals surface area (Å²) in [6, 6.07) is 23.4. The molecule has 58 heavy (non-hydrogen) atoms. The van der Waals surface area contributed by atoms with E-state index in [0.29, 0.717) is 22.3 Å². The first-order valence-electron chi connectivity index (χ1n) is 18.6. The Hall–Kier alpha value is -6.78. The fourth-order valence-electron chi connectivity index (χ4n) is 5.74. The maximum atomic E-state index is 13.6. The van der Waals surface area contributed by atoms with Crippen molar-refractivity contribution < 1.29 is 39.0 Å². The number of aromatic hydroxyl groups is 2. The summed E-state index contributed by atoms with van der Waals surface area (Å²) in [7, 11) is 0. The molecule has 0 bridgehead atoms. The zero-order valence-electron chi connectivity index (χ0n) is 32.2. The van der Waals surface area contributed by atoms with Crippen molar-refractivity contribution in [1.82, 2.24) is 32.1 Å². The van der Waals surface area contributed by atoms with E-state index in [9.17, 15) is 39.0 Å². The molecule has 0 spiro atoms. The second kappa shape index (κ2) is 21.5. The molecule has 6 atom stereocenters.